The summed E-state index contributed by atoms with van der Waals surface area (Å²) < 4.78 is 10.3. The number of esters is 1. The lowest BCUT2D eigenvalue weighted by molar-refractivity contribution is -0.154. The van der Waals surface area contributed by atoms with Gasteiger partial charge in [0.15, 0.2) is 0 Å². The molecule has 1 aliphatic heterocycles. The van der Waals surface area contributed by atoms with Crippen molar-refractivity contribution >= 4 is 5.97 Å². The van der Waals surface area contributed by atoms with E-state index in [0.29, 0.717) is 19.1 Å². The van der Waals surface area contributed by atoms with Crippen molar-refractivity contribution in [2.45, 2.75) is 26.4 Å². The summed E-state index contributed by atoms with van der Waals surface area (Å²) in [6, 6.07) is 0. The first kappa shape index (κ1) is 8.53. The van der Waals surface area contributed by atoms with Gasteiger partial charge in [0.2, 0.25) is 0 Å². The van der Waals surface area contributed by atoms with E-state index in [9.17, 15) is 4.79 Å². The van der Waals surface area contributed by atoms with E-state index in [-0.39, 0.29) is 12.1 Å². The van der Waals surface area contributed by atoms with Gasteiger partial charge < -0.3 is 9.47 Å². The van der Waals surface area contributed by atoms with Crippen LogP contribution in [0.3, 0.4) is 0 Å². The molecule has 0 saturated carbocycles. The molecule has 0 unspecified atom stereocenters. The molecule has 0 aromatic carbocycles. The zero-order chi connectivity index (χ0) is 8.27. The molecule has 0 aromatic rings. The van der Waals surface area contributed by atoms with E-state index in [1.807, 2.05) is 6.92 Å². The summed E-state index contributed by atoms with van der Waals surface area (Å²) in [5, 5.41) is 0. The van der Waals surface area contributed by atoms with Crippen molar-refractivity contribution in [2.24, 2.45) is 5.92 Å². The van der Waals surface area contributed by atoms with E-state index in [1.54, 1.807) is 0 Å². The van der Waals surface area contributed by atoms with Crippen LogP contribution in [0, 0.1) is 5.92 Å². The van der Waals surface area contributed by atoms with Crippen LogP contribution in [0.25, 0.3) is 0 Å². The maximum Gasteiger partial charge on any atom is 0.302 e. The third-order valence-corrected chi connectivity index (χ3v) is 1.88. The summed E-state index contributed by atoms with van der Waals surface area (Å²) in [7, 11) is 0. The molecule has 0 amide bonds. The lowest BCUT2D eigenvalue weighted by atomic mass is 10.0. The highest BCUT2D eigenvalue weighted by Crippen LogP contribution is 2.17. The molecule has 0 N–H and O–H groups in total. The summed E-state index contributed by atoms with van der Waals surface area (Å²) in [5.41, 5.74) is 0. The summed E-state index contributed by atoms with van der Waals surface area (Å²) in [5.74, 6) is 0.149. The zero-order valence-electron chi connectivity index (χ0n) is 7.00. The van der Waals surface area contributed by atoms with Crippen LogP contribution in [0.2, 0.25) is 0 Å². The van der Waals surface area contributed by atoms with E-state index in [2.05, 4.69) is 0 Å². The van der Waals surface area contributed by atoms with Crippen molar-refractivity contribution in [2.75, 3.05) is 13.2 Å². The fourth-order valence-corrected chi connectivity index (χ4v) is 1.25. The largest absolute Gasteiger partial charge is 0.462 e. The molecule has 3 nitrogen and oxygen atoms in total. The quantitative estimate of drug-likeness (QED) is 0.533. The minimum atomic E-state index is -0.191. The molecule has 0 bridgehead atoms. The van der Waals surface area contributed by atoms with Crippen LogP contribution >= 0.6 is 0 Å². The number of carbonyl (C=O) groups is 1. The highest BCUT2D eigenvalue weighted by atomic mass is 16.6. The van der Waals surface area contributed by atoms with Crippen molar-refractivity contribution in [3.8, 4) is 0 Å². The summed E-state index contributed by atoms with van der Waals surface area (Å²) >= 11 is 0. The van der Waals surface area contributed by atoms with Gasteiger partial charge in [-0.05, 0) is 0 Å². The Balaban J connectivity index is 2.35. The minimum Gasteiger partial charge on any atom is -0.462 e. The van der Waals surface area contributed by atoms with E-state index in [1.165, 1.54) is 6.92 Å². The van der Waals surface area contributed by atoms with Gasteiger partial charge in [-0.2, -0.15) is 0 Å². The summed E-state index contributed by atoms with van der Waals surface area (Å²) in [6.07, 6.45) is 0.905. The number of hydrogen-bond acceptors (Lipinski definition) is 3. The maximum absolute atomic E-state index is 10.6. The topological polar surface area (TPSA) is 35.5 Å². The van der Waals surface area contributed by atoms with Gasteiger partial charge in [-0.3, -0.25) is 4.79 Å². The molecule has 1 aliphatic rings. The highest BCUT2D eigenvalue weighted by molar-refractivity contribution is 5.66. The third-order valence-electron chi connectivity index (χ3n) is 1.88. The van der Waals surface area contributed by atoms with Crippen LogP contribution in [0.4, 0.5) is 0 Å². The number of hydrogen-bond donors (Lipinski definition) is 0. The molecule has 2 atom stereocenters. The van der Waals surface area contributed by atoms with E-state index >= 15 is 0 Å². The van der Waals surface area contributed by atoms with Gasteiger partial charge in [-0.25, -0.2) is 0 Å². The molecule has 0 aromatic heterocycles. The molecular weight excluding hydrogens is 144 g/mol. The normalized spacial score (nSPS) is 31.5. The standard InChI is InChI=1S/C8H14O3/c1-6-5-10-4-3-8(6)11-7(2)9/h6,8H,3-5H2,1-2H3/t6-,8+/m1/s1. The smallest absolute Gasteiger partial charge is 0.302 e. The van der Waals surface area contributed by atoms with Crippen molar-refractivity contribution in [3.05, 3.63) is 0 Å². The molecule has 1 heterocycles. The Morgan fingerprint density at radius 2 is 2.36 bits per heavy atom. The Kier molecular flexibility index (Phi) is 2.88. The Bertz CT molecular complexity index is 144. The third kappa shape index (κ3) is 2.50. The predicted molar refractivity (Wildman–Crippen MR) is 40.2 cm³/mol. The van der Waals surface area contributed by atoms with Crippen LogP contribution in [-0.2, 0) is 14.3 Å². The molecule has 1 rings (SSSR count). The lowest BCUT2D eigenvalue weighted by Gasteiger charge is -2.27. The van der Waals surface area contributed by atoms with Gasteiger partial charge in [0, 0.05) is 19.3 Å². The number of carbonyl (C=O) groups excluding carboxylic acids is 1. The zero-order valence-corrected chi connectivity index (χ0v) is 7.00. The first-order chi connectivity index (χ1) is 5.20. The molecule has 64 valence electrons. The van der Waals surface area contributed by atoms with Gasteiger partial charge in [0.1, 0.15) is 6.10 Å². The molecule has 0 radical (unpaired) electrons. The second kappa shape index (κ2) is 3.72. The SMILES string of the molecule is CC(=O)O[C@H]1CCOC[C@H]1C. The Labute approximate surface area is 66.7 Å². The fraction of sp³-hybridized carbons (Fsp3) is 0.875. The van der Waals surface area contributed by atoms with Crippen molar-refractivity contribution < 1.29 is 14.3 Å². The first-order valence-corrected chi connectivity index (χ1v) is 3.95. The van der Waals surface area contributed by atoms with Gasteiger partial charge in [-0.15, -0.1) is 0 Å². The molecule has 0 aliphatic carbocycles. The van der Waals surface area contributed by atoms with Crippen LogP contribution < -0.4 is 0 Å². The molecule has 1 saturated heterocycles. The van der Waals surface area contributed by atoms with Crippen molar-refractivity contribution in [1.82, 2.24) is 0 Å². The first-order valence-electron chi connectivity index (χ1n) is 3.95. The van der Waals surface area contributed by atoms with Crippen LogP contribution in [0.1, 0.15) is 20.3 Å². The fourth-order valence-electron chi connectivity index (χ4n) is 1.25. The summed E-state index contributed by atoms with van der Waals surface area (Å²) in [4.78, 5) is 10.6. The monoisotopic (exact) mass is 158 g/mol. The second-order valence-electron chi connectivity index (χ2n) is 2.99. The molecular formula is C8H14O3. The Hall–Kier alpha value is -0.570. The Morgan fingerprint density at radius 1 is 1.64 bits per heavy atom. The average molecular weight is 158 g/mol. The average Bonchev–Trinajstić information content (AvgIpc) is 1.93. The molecule has 0 spiro atoms. The second-order valence-corrected chi connectivity index (χ2v) is 2.99. The highest BCUT2D eigenvalue weighted by Gasteiger charge is 2.23. The number of rotatable bonds is 1. The molecule has 11 heavy (non-hydrogen) atoms. The van der Waals surface area contributed by atoms with Gasteiger partial charge >= 0.3 is 5.97 Å². The van der Waals surface area contributed by atoms with E-state index in [0.717, 1.165) is 6.42 Å². The summed E-state index contributed by atoms with van der Waals surface area (Å²) in [6.45, 7) is 4.90. The minimum absolute atomic E-state index is 0.0706. The maximum atomic E-state index is 10.6. The van der Waals surface area contributed by atoms with E-state index in [4.69, 9.17) is 9.47 Å². The van der Waals surface area contributed by atoms with Gasteiger partial charge in [0.25, 0.3) is 0 Å². The van der Waals surface area contributed by atoms with Gasteiger partial charge in [0.05, 0.1) is 13.2 Å². The van der Waals surface area contributed by atoms with Crippen LogP contribution in [0.15, 0.2) is 0 Å². The lowest BCUT2D eigenvalue weighted by Crippen LogP contribution is -2.33. The molecule has 1 fully saturated rings. The number of ether oxygens (including phenoxy) is 2. The van der Waals surface area contributed by atoms with Crippen molar-refractivity contribution in [3.63, 3.8) is 0 Å². The van der Waals surface area contributed by atoms with E-state index < -0.39 is 0 Å². The Morgan fingerprint density at radius 3 is 2.91 bits per heavy atom. The van der Waals surface area contributed by atoms with Crippen LogP contribution in [0.5, 0.6) is 0 Å². The van der Waals surface area contributed by atoms with Gasteiger partial charge in [-0.1, -0.05) is 6.92 Å². The van der Waals surface area contributed by atoms with Crippen molar-refractivity contribution in [1.29, 1.82) is 0 Å². The van der Waals surface area contributed by atoms with Crippen LogP contribution in [-0.4, -0.2) is 25.3 Å². The predicted octanol–water partition coefficient (Wildman–Crippen LogP) is 0.974. The molecule has 3 heteroatoms.